The summed E-state index contributed by atoms with van der Waals surface area (Å²) in [6.07, 6.45) is 0. The molecule has 2 N–H and O–H groups in total. The molecule has 7 heteroatoms. The molecule has 0 fully saturated rings. The minimum absolute atomic E-state index is 0.157. The van der Waals surface area contributed by atoms with Crippen molar-refractivity contribution in [1.82, 2.24) is 0 Å². The SMILES string of the molecule is COc1c(O)cc(Br)c(C(=O)C(=O)O)c1F. The zero-order chi connectivity index (χ0) is 12.5. The Morgan fingerprint density at radius 1 is 1.50 bits per heavy atom. The molecule has 1 aromatic carbocycles. The molecule has 0 aliphatic heterocycles. The number of rotatable bonds is 3. The van der Waals surface area contributed by atoms with Crippen LogP contribution in [0.2, 0.25) is 0 Å². The molecule has 0 bridgehead atoms. The molecule has 1 rings (SSSR count). The maximum absolute atomic E-state index is 13.6. The molecular weight excluding hydrogens is 287 g/mol. The van der Waals surface area contributed by atoms with Gasteiger partial charge in [-0.15, -0.1) is 0 Å². The third-order valence-electron chi connectivity index (χ3n) is 1.78. The van der Waals surface area contributed by atoms with Gasteiger partial charge in [0, 0.05) is 4.47 Å². The Balaban J connectivity index is 3.51. The third-order valence-corrected chi connectivity index (χ3v) is 2.40. The number of methoxy groups -OCH3 is 1. The van der Waals surface area contributed by atoms with Crippen LogP contribution in [0.15, 0.2) is 10.5 Å². The third kappa shape index (κ3) is 1.99. The first-order chi connectivity index (χ1) is 7.40. The largest absolute Gasteiger partial charge is 0.504 e. The normalized spacial score (nSPS) is 9.94. The van der Waals surface area contributed by atoms with Gasteiger partial charge in [-0.25, -0.2) is 9.18 Å². The van der Waals surface area contributed by atoms with E-state index in [4.69, 9.17) is 5.11 Å². The Bertz CT molecular complexity index is 471. The molecule has 1 aromatic rings. The summed E-state index contributed by atoms with van der Waals surface area (Å²) in [4.78, 5) is 21.6. The van der Waals surface area contributed by atoms with Gasteiger partial charge in [-0.3, -0.25) is 4.79 Å². The number of halogens is 2. The summed E-state index contributed by atoms with van der Waals surface area (Å²) in [5, 5.41) is 17.7. The number of hydrogen-bond donors (Lipinski definition) is 2. The number of hydrogen-bond acceptors (Lipinski definition) is 4. The van der Waals surface area contributed by atoms with Crippen molar-refractivity contribution in [2.24, 2.45) is 0 Å². The number of carbonyl (C=O) groups excluding carboxylic acids is 1. The first kappa shape index (κ1) is 12.4. The second-order valence-corrected chi connectivity index (χ2v) is 3.59. The van der Waals surface area contributed by atoms with E-state index in [2.05, 4.69) is 20.7 Å². The molecule has 0 atom stereocenters. The van der Waals surface area contributed by atoms with Crippen LogP contribution in [0, 0.1) is 5.82 Å². The van der Waals surface area contributed by atoms with Gasteiger partial charge in [-0.1, -0.05) is 0 Å². The maximum Gasteiger partial charge on any atom is 0.377 e. The summed E-state index contributed by atoms with van der Waals surface area (Å²) in [6, 6.07) is 0.984. The van der Waals surface area contributed by atoms with Crippen LogP contribution in [-0.4, -0.2) is 29.1 Å². The summed E-state index contributed by atoms with van der Waals surface area (Å²) in [5.74, 6) is -5.56. The van der Waals surface area contributed by atoms with Crippen molar-refractivity contribution in [2.75, 3.05) is 7.11 Å². The summed E-state index contributed by atoms with van der Waals surface area (Å²) in [5.41, 5.74) is -0.692. The fourth-order valence-corrected chi connectivity index (χ4v) is 1.67. The highest BCUT2D eigenvalue weighted by Gasteiger charge is 2.27. The zero-order valence-corrected chi connectivity index (χ0v) is 9.54. The summed E-state index contributed by atoms with van der Waals surface area (Å²) < 4.78 is 18.0. The molecule has 0 aliphatic carbocycles. The van der Waals surface area contributed by atoms with Gasteiger partial charge < -0.3 is 14.9 Å². The van der Waals surface area contributed by atoms with Crippen molar-refractivity contribution in [1.29, 1.82) is 0 Å². The Kier molecular flexibility index (Phi) is 3.48. The molecule has 16 heavy (non-hydrogen) atoms. The quantitative estimate of drug-likeness (QED) is 0.653. The number of aliphatic carboxylic acids is 1. The second kappa shape index (κ2) is 4.48. The van der Waals surface area contributed by atoms with E-state index >= 15 is 0 Å². The van der Waals surface area contributed by atoms with Crippen molar-refractivity contribution < 1.29 is 28.9 Å². The predicted molar refractivity (Wildman–Crippen MR) is 54.3 cm³/mol. The zero-order valence-electron chi connectivity index (χ0n) is 7.95. The molecule has 0 heterocycles. The average molecular weight is 293 g/mol. The topological polar surface area (TPSA) is 83.8 Å². The number of phenols is 1. The maximum atomic E-state index is 13.6. The number of carboxylic acid groups (broad SMARTS) is 1. The summed E-state index contributed by atoms with van der Waals surface area (Å²) in [7, 11) is 1.08. The fraction of sp³-hybridized carbons (Fsp3) is 0.111. The van der Waals surface area contributed by atoms with Crippen LogP contribution in [0.1, 0.15) is 10.4 Å². The van der Waals surface area contributed by atoms with E-state index in [0.29, 0.717) is 0 Å². The molecule has 86 valence electrons. The van der Waals surface area contributed by atoms with Gasteiger partial charge in [0.1, 0.15) is 0 Å². The standard InChI is InChI=1S/C9H6BrFO5/c1-16-8-4(12)2-3(10)5(6(8)11)7(13)9(14)15/h2,12H,1H3,(H,14,15). The molecule has 0 saturated carbocycles. The lowest BCUT2D eigenvalue weighted by Gasteiger charge is -2.09. The van der Waals surface area contributed by atoms with Crippen LogP contribution in [-0.2, 0) is 4.79 Å². The Hall–Kier alpha value is -1.63. The predicted octanol–water partition coefficient (Wildman–Crippen LogP) is 1.57. The van der Waals surface area contributed by atoms with Gasteiger partial charge in [0.15, 0.2) is 17.3 Å². The summed E-state index contributed by atoms with van der Waals surface area (Å²) >= 11 is 2.79. The average Bonchev–Trinajstić information content (AvgIpc) is 2.17. The van der Waals surface area contributed by atoms with Crippen molar-refractivity contribution in [2.45, 2.75) is 0 Å². The first-order valence-corrected chi connectivity index (χ1v) is 4.72. The highest BCUT2D eigenvalue weighted by molar-refractivity contribution is 9.10. The van der Waals surface area contributed by atoms with Gasteiger partial charge in [-0.05, 0) is 22.0 Å². The number of aromatic hydroxyl groups is 1. The second-order valence-electron chi connectivity index (χ2n) is 2.73. The van der Waals surface area contributed by atoms with Gasteiger partial charge in [-0.2, -0.15) is 0 Å². The van der Waals surface area contributed by atoms with Crippen molar-refractivity contribution in [3.63, 3.8) is 0 Å². The summed E-state index contributed by atoms with van der Waals surface area (Å²) in [6.45, 7) is 0. The Morgan fingerprint density at radius 3 is 2.50 bits per heavy atom. The van der Waals surface area contributed by atoms with Crippen LogP contribution >= 0.6 is 15.9 Å². The molecule has 0 aliphatic rings. The van der Waals surface area contributed by atoms with Crippen molar-refractivity contribution >= 4 is 27.7 Å². The molecule has 0 unspecified atom stereocenters. The number of ketones is 1. The van der Waals surface area contributed by atoms with E-state index in [1.54, 1.807) is 0 Å². The van der Waals surface area contributed by atoms with Crippen LogP contribution in [0.4, 0.5) is 4.39 Å². The highest BCUT2D eigenvalue weighted by atomic mass is 79.9. The molecule has 0 aromatic heterocycles. The van der Waals surface area contributed by atoms with Crippen LogP contribution in [0.3, 0.4) is 0 Å². The van der Waals surface area contributed by atoms with Gasteiger partial charge >= 0.3 is 5.97 Å². The number of benzene rings is 1. The monoisotopic (exact) mass is 292 g/mol. The number of carbonyl (C=O) groups is 2. The molecule has 0 saturated heterocycles. The Morgan fingerprint density at radius 2 is 2.06 bits per heavy atom. The van der Waals surface area contributed by atoms with E-state index in [-0.39, 0.29) is 4.47 Å². The Labute approximate surface area is 97.6 Å². The molecular formula is C9H6BrFO5. The van der Waals surface area contributed by atoms with E-state index in [9.17, 15) is 19.1 Å². The lowest BCUT2D eigenvalue weighted by molar-refractivity contribution is -0.131. The van der Waals surface area contributed by atoms with Gasteiger partial charge in [0.2, 0.25) is 0 Å². The highest BCUT2D eigenvalue weighted by Crippen LogP contribution is 2.36. The minimum Gasteiger partial charge on any atom is -0.504 e. The van der Waals surface area contributed by atoms with Crippen LogP contribution < -0.4 is 4.74 Å². The van der Waals surface area contributed by atoms with E-state index < -0.39 is 34.6 Å². The fourth-order valence-electron chi connectivity index (χ4n) is 1.10. The smallest absolute Gasteiger partial charge is 0.377 e. The van der Waals surface area contributed by atoms with E-state index in [1.807, 2.05) is 0 Å². The molecule has 0 radical (unpaired) electrons. The lowest BCUT2D eigenvalue weighted by Crippen LogP contribution is -2.15. The molecule has 5 nitrogen and oxygen atoms in total. The van der Waals surface area contributed by atoms with Gasteiger partial charge in [0.05, 0.1) is 12.7 Å². The number of Topliss-reactive ketones (excluding diaryl/α,β-unsaturated/α-hetero) is 1. The molecule has 0 spiro atoms. The van der Waals surface area contributed by atoms with E-state index in [0.717, 1.165) is 13.2 Å². The van der Waals surface area contributed by atoms with Crippen molar-refractivity contribution in [3.8, 4) is 11.5 Å². The van der Waals surface area contributed by atoms with Crippen LogP contribution in [0.25, 0.3) is 0 Å². The minimum atomic E-state index is -1.80. The molecule has 0 amide bonds. The van der Waals surface area contributed by atoms with Crippen LogP contribution in [0.5, 0.6) is 11.5 Å². The lowest BCUT2D eigenvalue weighted by atomic mass is 10.1. The van der Waals surface area contributed by atoms with E-state index in [1.165, 1.54) is 0 Å². The first-order valence-electron chi connectivity index (χ1n) is 3.92. The number of ether oxygens (including phenoxy) is 1. The number of carboxylic acids is 1. The number of phenolic OH excluding ortho intramolecular Hbond substituents is 1. The van der Waals surface area contributed by atoms with Crippen molar-refractivity contribution in [3.05, 3.63) is 21.9 Å². The van der Waals surface area contributed by atoms with Gasteiger partial charge in [0.25, 0.3) is 5.78 Å².